The van der Waals surface area contributed by atoms with Gasteiger partial charge in [0.05, 0.1) is 0 Å². The number of rotatable bonds is 0. The third kappa shape index (κ3) is 2.78. The first kappa shape index (κ1) is 12.0. The van der Waals surface area contributed by atoms with Gasteiger partial charge < -0.3 is 5.32 Å². The maximum absolute atomic E-state index is 3.62. The quantitative estimate of drug-likeness (QED) is 0.590. The first-order valence-corrected chi connectivity index (χ1v) is 5.13. The van der Waals surface area contributed by atoms with Crippen molar-refractivity contribution in [3.8, 4) is 0 Å². The Labute approximate surface area is 77.9 Å². The maximum atomic E-state index is 3.62. The molecule has 1 rings (SSSR count). The van der Waals surface area contributed by atoms with E-state index in [9.17, 15) is 0 Å². The highest BCUT2D eigenvalue weighted by Crippen LogP contribution is 2.34. The third-order valence-corrected chi connectivity index (χ3v) is 2.71. The highest BCUT2D eigenvalue weighted by molar-refractivity contribution is 5.00. The Morgan fingerprint density at radius 1 is 1.08 bits per heavy atom. The SMILES string of the molecule is CC.CC1CC(C)(C)NC1(C)C. The Morgan fingerprint density at radius 3 is 1.58 bits per heavy atom. The molecule has 0 saturated carbocycles. The van der Waals surface area contributed by atoms with Crippen molar-refractivity contribution in [3.63, 3.8) is 0 Å². The summed E-state index contributed by atoms with van der Waals surface area (Å²) in [5.74, 6) is 0.794. The highest BCUT2D eigenvalue weighted by atomic mass is 15.1. The average molecular weight is 171 g/mol. The van der Waals surface area contributed by atoms with Gasteiger partial charge in [-0.15, -0.1) is 0 Å². The fourth-order valence-electron chi connectivity index (χ4n) is 2.07. The lowest BCUT2D eigenvalue weighted by Gasteiger charge is -2.26. The summed E-state index contributed by atoms with van der Waals surface area (Å²) in [6.45, 7) is 15.4. The fourth-order valence-corrected chi connectivity index (χ4v) is 2.07. The molecule has 1 aliphatic rings. The molecule has 1 nitrogen and oxygen atoms in total. The van der Waals surface area contributed by atoms with Crippen LogP contribution in [0.25, 0.3) is 0 Å². The van der Waals surface area contributed by atoms with E-state index in [1.165, 1.54) is 6.42 Å². The Morgan fingerprint density at radius 2 is 1.50 bits per heavy atom. The lowest BCUT2D eigenvalue weighted by Crippen LogP contribution is -2.44. The molecule has 0 aromatic rings. The second-order valence-electron chi connectivity index (χ2n) is 4.84. The Balaban J connectivity index is 0.000000561. The van der Waals surface area contributed by atoms with Crippen molar-refractivity contribution >= 4 is 0 Å². The average Bonchev–Trinajstić information content (AvgIpc) is 2.05. The van der Waals surface area contributed by atoms with E-state index < -0.39 is 0 Å². The minimum absolute atomic E-state index is 0.337. The molecule has 1 atom stereocenters. The molecule has 1 aliphatic heterocycles. The van der Waals surface area contributed by atoms with E-state index in [1.54, 1.807) is 0 Å². The second kappa shape index (κ2) is 3.78. The largest absolute Gasteiger partial charge is 0.307 e. The number of nitrogens with one attached hydrogen (secondary N) is 1. The molecule has 74 valence electrons. The van der Waals surface area contributed by atoms with Gasteiger partial charge in [-0.25, -0.2) is 0 Å². The molecular formula is C11H25N. The topological polar surface area (TPSA) is 12.0 Å². The van der Waals surface area contributed by atoms with Crippen LogP contribution in [-0.4, -0.2) is 11.1 Å². The summed E-state index contributed by atoms with van der Waals surface area (Å²) in [5.41, 5.74) is 0.687. The highest BCUT2D eigenvalue weighted by Gasteiger charge is 2.40. The Kier molecular flexibility index (Phi) is 3.77. The molecule has 0 aromatic carbocycles. The van der Waals surface area contributed by atoms with Crippen molar-refractivity contribution < 1.29 is 0 Å². The van der Waals surface area contributed by atoms with Gasteiger partial charge in [-0.3, -0.25) is 0 Å². The van der Waals surface area contributed by atoms with E-state index in [2.05, 4.69) is 39.9 Å². The van der Waals surface area contributed by atoms with Crippen molar-refractivity contribution in [1.29, 1.82) is 0 Å². The van der Waals surface area contributed by atoms with Gasteiger partial charge in [-0.2, -0.15) is 0 Å². The molecule has 0 aromatic heterocycles. The molecule has 1 heterocycles. The molecule has 1 unspecified atom stereocenters. The lowest BCUT2D eigenvalue weighted by molar-refractivity contribution is 0.336. The van der Waals surface area contributed by atoms with E-state index in [4.69, 9.17) is 0 Å². The van der Waals surface area contributed by atoms with Crippen LogP contribution >= 0.6 is 0 Å². The first-order chi connectivity index (χ1) is 5.33. The van der Waals surface area contributed by atoms with Crippen molar-refractivity contribution in [2.75, 3.05) is 0 Å². The molecule has 1 heteroatoms. The summed E-state index contributed by atoms with van der Waals surface area (Å²) in [7, 11) is 0. The van der Waals surface area contributed by atoms with Gasteiger partial charge in [0.15, 0.2) is 0 Å². The maximum Gasteiger partial charge on any atom is 0.0156 e. The molecule has 0 amide bonds. The van der Waals surface area contributed by atoms with Crippen LogP contribution in [0.3, 0.4) is 0 Å². The molecule has 1 N–H and O–H groups in total. The van der Waals surface area contributed by atoms with Crippen molar-refractivity contribution in [1.82, 2.24) is 5.32 Å². The monoisotopic (exact) mass is 171 g/mol. The fraction of sp³-hybridized carbons (Fsp3) is 1.00. The standard InChI is InChI=1S/C9H19N.C2H6/c1-7-6-8(2,3)10-9(7,4)5;1-2/h7,10H,6H2,1-5H3;1-2H3. The Hall–Kier alpha value is -0.0400. The van der Waals surface area contributed by atoms with E-state index in [0.29, 0.717) is 11.1 Å². The summed E-state index contributed by atoms with van der Waals surface area (Å²) >= 11 is 0. The third-order valence-electron chi connectivity index (χ3n) is 2.71. The zero-order valence-electron chi connectivity index (χ0n) is 9.78. The van der Waals surface area contributed by atoms with Gasteiger partial charge in [0.2, 0.25) is 0 Å². The van der Waals surface area contributed by atoms with Gasteiger partial charge in [0.1, 0.15) is 0 Å². The molecule has 0 radical (unpaired) electrons. The van der Waals surface area contributed by atoms with E-state index in [-0.39, 0.29) is 0 Å². The van der Waals surface area contributed by atoms with Crippen LogP contribution < -0.4 is 5.32 Å². The summed E-state index contributed by atoms with van der Waals surface area (Å²) in [5, 5.41) is 3.62. The van der Waals surface area contributed by atoms with Crippen molar-refractivity contribution in [2.45, 2.75) is 66.0 Å². The molecule has 1 saturated heterocycles. The molecule has 1 fully saturated rings. The van der Waals surface area contributed by atoms with Crippen LogP contribution in [0.4, 0.5) is 0 Å². The smallest absolute Gasteiger partial charge is 0.0156 e. The van der Waals surface area contributed by atoms with Crippen molar-refractivity contribution in [2.24, 2.45) is 5.92 Å². The van der Waals surface area contributed by atoms with Crippen LogP contribution in [0.5, 0.6) is 0 Å². The second-order valence-corrected chi connectivity index (χ2v) is 4.84. The lowest BCUT2D eigenvalue weighted by atomic mass is 9.89. The van der Waals surface area contributed by atoms with E-state index >= 15 is 0 Å². The predicted molar refractivity (Wildman–Crippen MR) is 56.4 cm³/mol. The zero-order chi connectivity index (χ0) is 9.99. The van der Waals surface area contributed by atoms with E-state index in [0.717, 1.165) is 5.92 Å². The van der Waals surface area contributed by atoms with Gasteiger partial charge >= 0.3 is 0 Å². The first-order valence-electron chi connectivity index (χ1n) is 5.13. The van der Waals surface area contributed by atoms with Gasteiger partial charge in [-0.05, 0) is 40.0 Å². The Bertz CT molecular complexity index is 136. The summed E-state index contributed by atoms with van der Waals surface area (Å²) in [6, 6.07) is 0. The normalized spacial score (nSPS) is 30.8. The van der Waals surface area contributed by atoms with Crippen LogP contribution in [0.1, 0.15) is 54.9 Å². The molecule has 0 aliphatic carbocycles. The molecule has 0 spiro atoms. The zero-order valence-corrected chi connectivity index (χ0v) is 9.78. The van der Waals surface area contributed by atoms with Crippen LogP contribution in [0.15, 0.2) is 0 Å². The van der Waals surface area contributed by atoms with E-state index in [1.807, 2.05) is 13.8 Å². The van der Waals surface area contributed by atoms with Gasteiger partial charge in [-0.1, -0.05) is 20.8 Å². The van der Waals surface area contributed by atoms with Crippen LogP contribution in [0, 0.1) is 5.92 Å². The van der Waals surface area contributed by atoms with Crippen molar-refractivity contribution in [3.05, 3.63) is 0 Å². The van der Waals surface area contributed by atoms with Crippen LogP contribution in [0.2, 0.25) is 0 Å². The van der Waals surface area contributed by atoms with Gasteiger partial charge in [0.25, 0.3) is 0 Å². The van der Waals surface area contributed by atoms with Gasteiger partial charge in [0, 0.05) is 11.1 Å². The minimum atomic E-state index is 0.337. The summed E-state index contributed by atoms with van der Waals surface area (Å²) in [4.78, 5) is 0. The van der Waals surface area contributed by atoms with Crippen LogP contribution in [-0.2, 0) is 0 Å². The minimum Gasteiger partial charge on any atom is -0.307 e. The molecule has 12 heavy (non-hydrogen) atoms. The summed E-state index contributed by atoms with van der Waals surface area (Å²) in [6.07, 6.45) is 1.29. The molecular weight excluding hydrogens is 146 g/mol. The number of hydrogen-bond acceptors (Lipinski definition) is 1. The molecule has 0 bridgehead atoms. The number of hydrogen-bond donors (Lipinski definition) is 1. The predicted octanol–water partition coefficient (Wildman–Crippen LogP) is 3.20. The summed E-state index contributed by atoms with van der Waals surface area (Å²) < 4.78 is 0.